The van der Waals surface area contributed by atoms with Gasteiger partial charge in [-0.2, -0.15) is 5.06 Å². The molecule has 2 nitrogen and oxygen atoms in total. The molecule has 0 N–H and O–H groups in total. The van der Waals surface area contributed by atoms with Crippen molar-refractivity contribution < 1.29 is 4.84 Å². The minimum absolute atomic E-state index is 0.197. The number of hydrogen-bond acceptors (Lipinski definition) is 2. The molecule has 0 amide bonds. The molecule has 0 spiro atoms. The molecular weight excluding hydrogens is 318 g/mol. The van der Waals surface area contributed by atoms with Gasteiger partial charge in [-0.05, 0) is 30.1 Å². The summed E-state index contributed by atoms with van der Waals surface area (Å²) in [7, 11) is 0. The lowest BCUT2D eigenvalue weighted by Crippen LogP contribution is -2.37. The van der Waals surface area contributed by atoms with E-state index in [4.69, 9.17) is 4.84 Å². The van der Waals surface area contributed by atoms with Crippen LogP contribution in [0.3, 0.4) is 0 Å². The topological polar surface area (TPSA) is 12.5 Å². The maximum atomic E-state index is 6.24. The Bertz CT molecular complexity index is 573. The quantitative estimate of drug-likeness (QED) is 0.311. The fourth-order valence-corrected chi connectivity index (χ4v) is 3.17. The monoisotopic (exact) mass is 353 g/mol. The van der Waals surface area contributed by atoms with Gasteiger partial charge in [0.05, 0.1) is 12.6 Å². The van der Waals surface area contributed by atoms with Gasteiger partial charge in [-0.25, -0.2) is 0 Å². The van der Waals surface area contributed by atoms with E-state index in [2.05, 4.69) is 79.6 Å². The predicted octanol–water partition coefficient (Wildman–Crippen LogP) is 6.57. The van der Waals surface area contributed by atoms with E-state index in [1.165, 1.54) is 43.2 Å². The zero-order valence-electron chi connectivity index (χ0n) is 16.6. The number of benzene rings is 1. The number of unbranched alkanes of at least 4 members (excludes halogenated alkanes) is 5. The molecule has 2 heteroatoms. The van der Waals surface area contributed by atoms with Gasteiger partial charge in [0.15, 0.2) is 0 Å². The van der Waals surface area contributed by atoms with Crippen molar-refractivity contribution in [1.29, 1.82) is 0 Å². The Labute approximate surface area is 160 Å². The minimum Gasteiger partial charge on any atom is -0.298 e. The summed E-state index contributed by atoms with van der Waals surface area (Å²) in [6, 6.07) is 10.7. The normalized spacial score (nSPS) is 18.1. The van der Waals surface area contributed by atoms with Crippen LogP contribution in [0.1, 0.15) is 64.4 Å². The molecule has 0 fully saturated rings. The summed E-state index contributed by atoms with van der Waals surface area (Å²) in [5, 5.41) is 2.19. The highest BCUT2D eigenvalue weighted by molar-refractivity contribution is 5.59. The van der Waals surface area contributed by atoms with E-state index in [0.717, 1.165) is 26.0 Å². The van der Waals surface area contributed by atoms with Gasteiger partial charge in [0, 0.05) is 6.54 Å². The van der Waals surface area contributed by atoms with Gasteiger partial charge < -0.3 is 0 Å². The van der Waals surface area contributed by atoms with E-state index in [9.17, 15) is 0 Å². The van der Waals surface area contributed by atoms with Crippen molar-refractivity contribution in [3.63, 3.8) is 0 Å². The fraction of sp³-hybridized carbons (Fsp3) is 0.500. The summed E-state index contributed by atoms with van der Waals surface area (Å²) in [6.45, 7) is 6.29. The number of hydroxylamine groups is 2. The minimum atomic E-state index is 0.197. The Morgan fingerprint density at radius 3 is 2.46 bits per heavy atom. The first-order chi connectivity index (χ1) is 12.8. The molecule has 1 aliphatic rings. The molecule has 0 bridgehead atoms. The van der Waals surface area contributed by atoms with E-state index in [1.807, 2.05) is 0 Å². The van der Waals surface area contributed by atoms with Crippen molar-refractivity contribution in [2.45, 2.75) is 64.8 Å². The second kappa shape index (κ2) is 12.7. The summed E-state index contributed by atoms with van der Waals surface area (Å²) in [5.74, 6) is 0. The molecule has 0 saturated heterocycles. The SMILES string of the molecule is CCCCCCCON(CCCC)C1C=CC=CC1=Cc1ccccc1. The fourth-order valence-electron chi connectivity index (χ4n) is 3.17. The standard InChI is InChI=1S/C24H35NO/c1-3-5-7-8-14-20-26-25(19-6-4-2)24-18-13-12-17-23(24)21-22-15-10-9-11-16-22/h9-13,15-18,21,24H,3-8,14,19-20H2,1-2H3. The number of allylic oxidation sites excluding steroid dienone is 2. The van der Waals surface area contributed by atoms with Crippen LogP contribution in [0, 0.1) is 0 Å². The molecule has 26 heavy (non-hydrogen) atoms. The molecule has 1 aromatic rings. The zero-order valence-corrected chi connectivity index (χ0v) is 16.6. The van der Waals surface area contributed by atoms with Crippen molar-refractivity contribution >= 4 is 6.08 Å². The van der Waals surface area contributed by atoms with Crippen LogP contribution in [0.4, 0.5) is 0 Å². The first-order valence-electron chi connectivity index (χ1n) is 10.4. The van der Waals surface area contributed by atoms with Gasteiger partial charge in [-0.15, -0.1) is 0 Å². The lowest BCUT2D eigenvalue weighted by Gasteiger charge is -2.31. The first kappa shape index (κ1) is 20.7. The highest BCUT2D eigenvalue weighted by Gasteiger charge is 2.20. The molecule has 2 rings (SSSR count). The van der Waals surface area contributed by atoms with Crippen LogP contribution in [0.5, 0.6) is 0 Å². The Morgan fingerprint density at radius 1 is 0.923 bits per heavy atom. The van der Waals surface area contributed by atoms with Gasteiger partial charge in [0.1, 0.15) is 0 Å². The van der Waals surface area contributed by atoms with E-state index in [0.29, 0.717) is 0 Å². The van der Waals surface area contributed by atoms with Gasteiger partial charge >= 0.3 is 0 Å². The van der Waals surface area contributed by atoms with Crippen LogP contribution in [-0.2, 0) is 4.84 Å². The number of rotatable bonds is 12. The van der Waals surface area contributed by atoms with E-state index in [1.54, 1.807) is 0 Å². The third kappa shape index (κ3) is 7.31. The Balaban J connectivity index is 2.00. The maximum absolute atomic E-state index is 6.24. The van der Waals surface area contributed by atoms with Crippen LogP contribution < -0.4 is 0 Å². The zero-order chi connectivity index (χ0) is 18.5. The highest BCUT2D eigenvalue weighted by Crippen LogP contribution is 2.22. The van der Waals surface area contributed by atoms with Crippen molar-refractivity contribution in [2.75, 3.05) is 13.2 Å². The average Bonchev–Trinajstić information content (AvgIpc) is 2.68. The smallest absolute Gasteiger partial charge is 0.0786 e. The molecule has 0 saturated carbocycles. The molecule has 1 aromatic carbocycles. The molecule has 1 aliphatic carbocycles. The summed E-state index contributed by atoms with van der Waals surface area (Å²) in [6.07, 6.45) is 19.7. The first-order valence-corrected chi connectivity index (χ1v) is 10.4. The van der Waals surface area contributed by atoms with Crippen LogP contribution >= 0.6 is 0 Å². The van der Waals surface area contributed by atoms with Crippen molar-refractivity contribution in [2.24, 2.45) is 0 Å². The largest absolute Gasteiger partial charge is 0.298 e. The van der Waals surface area contributed by atoms with Gasteiger partial charge in [0.2, 0.25) is 0 Å². The molecule has 1 atom stereocenters. The van der Waals surface area contributed by atoms with Crippen molar-refractivity contribution in [3.8, 4) is 0 Å². The van der Waals surface area contributed by atoms with Crippen LogP contribution in [0.15, 0.2) is 60.2 Å². The number of hydrogen-bond donors (Lipinski definition) is 0. The third-order valence-corrected chi connectivity index (χ3v) is 4.71. The Hall–Kier alpha value is -1.64. The molecule has 142 valence electrons. The summed E-state index contributed by atoms with van der Waals surface area (Å²) in [5.41, 5.74) is 2.53. The highest BCUT2D eigenvalue weighted by atomic mass is 16.7. The molecule has 0 radical (unpaired) electrons. The molecule has 0 aromatic heterocycles. The summed E-state index contributed by atoms with van der Waals surface area (Å²) in [4.78, 5) is 6.24. The van der Waals surface area contributed by atoms with Crippen LogP contribution in [0.25, 0.3) is 6.08 Å². The average molecular weight is 354 g/mol. The lowest BCUT2D eigenvalue weighted by atomic mass is 9.98. The Morgan fingerprint density at radius 2 is 1.69 bits per heavy atom. The molecule has 1 unspecified atom stereocenters. The second-order valence-corrected chi connectivity index (χ2v) is 6.99. The van der Waals surface area contributed by atoms with Gasteiger partial charge in [-0.3, -0.25) is 4.84 Å². The molecular formula is C24H35NO. The van der Waals surface area contributed by atoms with Gasteiger partial charge in [0.25, 0.3) is 0 Å². The lowest BCUT2D eigenvalue weighted by molar-refractivity contribution is -0.170. The van der Waals surface area contributed by atoms with Crippen molar-refractivity contribution in [3.05, 3.63) is 65.8 Å². The molecule has 0 heterocycles. The maximum Gasteiger partial charge on any atom is 0.0786 e. The summed E-state index contributed by atoms with van der Waals surface area (Å²) < 4.78 is 0. The number of nitrogens with zero attached hydrogens (tertiary/aromatic N) is 1. The predicted molar refractivity (Wildman–Crippen MR) is 113 cm³/mol. The van der Waals surface area contributed by atoms with E-state index < -0.39 is 0 Å². The summed E-state index contributed by atoms with van der Waals surface area (Å²) >= 11 is 0. The van der Waals surface area contributed by atoms with Gasteiger partial charge in [-0.1, -0.05) is 101 Å². The van der Waals surface area contributed by atoms with Crippen LogP contribution in [0.2, 0.25) is 0 Å². The van der Waals surface area contributed by atoms with E-state index >= 15 is 0 Å². The van der Waals surface area contributed by atoms with Crippen LogP contribution in [-0.4, -0.2) is 24.3 Å². The van der Waals surface area contributed by atoms with E-state index in [-0.39, 0.29) is 6.04 Å². The third-order valence-electron chi connectivity index (χ3n) is 4.71. The Kier molecular flexibility index (Phi) is 10.1. The molecule has 0 aliphatic heterocycles. The van der Waals surface area contributed by atoms with Crippen molar-refractivity contribution in [1.82, 2.24) is 5.06 Å². The second-order valence-electron chi connectivity index (χ2n) is 6.99.